The second kappa shape index (κ2) is 7.05. The van der Waals surface area contributed by atoms with Crippen LogP contribution in [-0.2, 0) is 0 Å². The van der Waals surface area contributed by atoms with Gasteiger partial charge in [0.05, 0.1) is 0 Å². The van der Waals surface area contributed by atoms with Crippen molar-refractivity contribution < 1.29 is 0 Å². The second-order valence-electron chi connectivity index (χ2n) is 6.72. The van der Waals surface area contributed by atoms with Crippen molar-refractivity contribution in [1.82, 2.24) is 0 Å². The lowest BCUT2D eigenvalue weighted by Gasteiger charge is -2.17. The molecule has 0 N–H and O–H groups in total. The van der Waals surface area contributed by atoms with Crippen LogP contribution >= 0.6 is 0 Å². The Hall–Kier alpha value is -3.06. The summed E-state index contributed by atoms with van der Waals surface area (Å²) in [5, 5.41) is 0. The van der Waals surface area contributed by atoms with Gasteiger partial charge < -0.3 is 0 Å². The lowest BCUT2D eigenvalue weighted by atomic mass is 9.83. The van der Waals surface area contributed by atoms with Crippen molar-refractivity contribution in [3.63, 3.8) is 0 Å². The van der Waals surface area contributed by atoms with Crippen LogP contribution in [0.25, 0.3) is 33.4 Å². The van der Waals surface area contributed by atoms with Crippen LogP contribution in [0.1, 0.15) is 5.56 Å². The molecule has 0 saturated carbocycles. The fraction of sp³-hybridized carbons (Fsp3) is 0.0400. The molecule has 0 radical (unpaired) electrons. The van der Waals surface area contributed by atoms with E-state index < -0.39 is 0 Å². The fourth-order valence-corrected chi connectivity index (χ4v) is 3.66. The van der Waals surface area contributed by atoms with Crippen LogP contribution in [0.4, 0.5) is 0 Å². The first-order valence-corrected chi connectivity index (χ1v) is 9.06. The van der Waals surface area contributed by atoms with E-state index >= 15 is 0 Å². The van der Waals surface area contributed by atoms with Crippen molar-refractivity contribution in [1.29, 1.82) is 0 Å². The highest BCUT2D eigenvalue weighted by molar-refractivity contribution is 6.36. The van der Waals surface area contributed by atoms with E-state index in [1.165, 1.54) is 44.4 Å². The Balaban J connectivity index is 1.97. The zero-order valence-electron chi connectivity index (χ0n) is 15.2. The molecule has 0 unspecified atom stereocenters. The predicted molar refractivity (Wildman–Crippen MR) is 116 cm³/mol. The Labute approximate surface area is 156 Å². The molecule has 0 fully saturated rings. The molecule has 0 aromatic heterocycles. The first-order valence-electron chi connectivity index (χ1n) is 9.06. The van der Waals surface area contributed by atoms with Gasteiger partial charge in [0.25, 0.3) is 0 Å². The van der Waals surface area contributed by atoms with Gasteiger partial charge in [-0.05, 0) is 45.9 Å². The van der Waals surface area contributed by atoms with Crippen molar-refractivity contribution in [3.8, 4) is 33.4 Å². The van der Waals surface area contributed by atoms with E-state index in [-0.39, 0.29) is 0 Å². The smallest absolute Gasteiger partial charge is 0.0813 e. The van der Waals surface area contributed by atoms with Crippen molar-refractivity contribution in [3.05, 3.63) is 103 Å². The molecule has 0 aliphatic heterocycles. The standard InChI is InChI=1S/C25H21B/c1-18-10-2-3-11-19(18)20-12-4-5-13-21(20)22-14-6-7-15-23(22)24-16-8-9-17-25(24)26/h2-17H,26H2,1H3. The van der Waals surface area contributed by atoms with Gasteiger partial charge in [-0.1, -0.05) is 103 Å². The highest BCUT2D eigenvalue weighted by Gasteiger charge is 2.13. The SMILES string of the molecule is Bc1ccccc1-c1ccccc1-c1ccccc1-c1ccccc1C. The van der Waals surface area contributed by atoms with Crippen LogP contribution in [0.3, 0.4) is 0 Å². The van der Waals surface area contributed by atoms with Crippen molar-refractivity contribution >= 4 is 13.3 Å². The maximum Gasteiger partial charge on any atom is 0.140 e. The monoisotopic (exact) mass is 332 g/mol. The maximum absolute atomic E-state index is 2.24. The van der Waals surface area contributed by atoms with Gasteiger partial charge in [0, 0.05) is 0 Å². The lowest BCUT2D eigenvalue weighted by Crippen LogP contribution is -2.06. The van der Waals surface area contributed by atoms with E-state index in [1.807, 2.05) is 0 Å². The minimum atomic E-state index is 1.28. The Kier molecular flexibility index (Phi) is 4.45. The first-order chi connectivity index (χ1) is 12.8. The molecule has 0 atom stereocenters. The topological polar surface area (TPSA) is 0 Å². The Bertz CT molecular complexity index is 976. The fourth-order valence-electron chi connectivity index (χ4n) is 3.66. The molecule has 1 heteroatoms. The number of aryl methyl sites for hydroxylation is 1. The Morgan fingerprint density at radius 3 is 1.27 bits per heavy atom. The van der Waals surface area contributed by atoms with Crippen molar-refractivity contribution in [2.45, 2.75) is 6.92 Å². The van der Waals surface area contributed by atoms with Crippen molar-refractivity contribution in [2.75, 3.05) is 0 Å². The summed E-state index contributed by atoms with van der Waals surface area (Å²) < 4.78 is 0. The van der Waals surface area contributed by atoms with Gasteiger partial charge in [-0.3, -0.25) is 0 Å². The Morgan fingerprint density at radius 2 is 0.769 bits per heavy atom. The molecule has 0 aliphatic rings. The number of benzene rings is 4. The summed E-state index contributed by atoms with van der Waals surface area (Å²) in [6.07, 6.45) is 0. The average molecular weight is 332 g/mol. The number of hydrogen-bond acceptors (Lipinski definition) is 0. The number of rotatable bonds is 3. The van der Waals surface area contributed by atoms with Crippen LogP contribution in [0.15, 0.2) is 97.1 Å². The maximum atomic E-state index is 2.24. The zero-order chi connectivity index (χ0) is 17.9. The van der Waals surface area contributed by atoms with E-state index in [9.17, 15) is 0 Å². The predicted octanol–water partition coefficient (Wildman–Crippen LogP) is 5.25. The van der Waals surface area contributed by atoms with Gasteiger partial charge >= 0.3 is 0 Å². The molecule has 26 heavy (non-hydrogen) atoms. The number of hydrogen-bond donors (Lipinski definition) is 0. The molecule has 0 aliphatic carbocycles. The zero-order valence-corrected chi connectivity index (χ0v) is 15.2. The summed E-state index contributed by atoms with van der Waals surface area (Å²) in [4.78, 5) is 0. The molecule has 124 valence electrons. The van der Waals surface area contributed by atoms with Crippen LogP contribution in [0, 0.1) is 6.92 Å². The van der Waals surface area contributed by atoms with Crippen molar-refractivity contribution in [2.24, 2.45) is 0 Å². The molecule has 0 heterocycles. The third-order valence-corrected chi connectivity index (χ3v) is 5.01. The minimum absolute atomic E-state index is 1.28. The minimum Gasteiger partial charge on any atom is -0.0813 e. The molecule has 0 saturated heterocycles. The molecular weight excluding hydrogens is 311 g/mol. The average Bonchev–Trinajstić information content (AvgIpc) is 2.69. The quantitative estimate of drug-likeness (QED) is 0.449. The largest absolute Gasteiger partial charge is 0.140 e. The van der Waals surface area contributed by atoms with E-state index in [2.05, 4.69) is 112 Å². The molecule has 0 nitrogen and oxygen atoms in total. The van der Waals surface area contributed by atoms with Crippen LogP contribution in [0.2, 0.25) is 0 Å². The summed E-state index contributed by atoms with van der Waals surface area (Å²) in [6.45, 7) is 2.18. The van der Waals surface area contributed by atoms with E-state index in [1.54, 1.807) is 0 Å². The van der Waals surface area contributed by atoms with Gasteiger partial charge in [0.2, 0.25) is 0 Å². The summed E-state index contributed by atoms with van der Waals surface area (Å²) >= 11 is 0. The van der Waals surface area contributed by atoms with E-state index in [4.69, 9.17) is 0 Å². The summed E-state index contributed by atoms with van der Waals surface area (Å²) in [7, 11) is 2.18. The highest BCUT2D eigenvalue weighted by atomic mass is 14.2. The molecule has 0 spiro atoms. The third kappa shape index (κ3) is 2.97. The van der Waals surface area contributed by atoms with Gasteiger partial charge in [-0.25, -0.2) is 0 Å². The summed E-state index contributed by atoms with van der Waals surface area (Å²) in [5.41, 5.74) is 10.3. The second-order valence-corrected chi connectivity index (χ2v) is 6.72. The van der Waals surface area contributed by atoms with E-state index in [0.29, 0.717) is 0 Å². The molecular formula is C25H21B. The molecule has 4 aromatic rings. The molecule has 4 aromatic carbocycles. The van der Waals surface area contributed by atoms with Crippen LogP contribution in [-0.4, -0.2) is 7.85 Å². The van der Waals surface area contributed by atoms with Crippen LogP contribution in [0.5, 0.6) is 0 Å². The summed E-state index contributed by atoms with van der Waals surface area (Å²) in [6, 6.07) is 34.7. The first kappa shape index (κ1) is 16.4. The lowest BCUT2D eigenvalue weighted by molar-refractivity contribution is 1.45. The molecule has 0 amide bonds. The van der Waals surface area contributed by atoms with Gasteiger partial charge in [0.1, 0.15) is 7.85 Å². The van der Waals surface area contributed by atoms with Gasteiger partial charge in [0.15, 0.2) is 0 Å². The van der Waals surface area contributed by atoms with Gasteiger partial charge in [-0.2, -0.15) is 0 Å². The van der Waals surface area contributed by atoms with Crippen LogP contribution < -0.4 is 5.46 Å². The van der Waals surface area contributed by atoms with Gasteiger partial charge in [-0.15, -0.1) is 0 Å². The third-order valence-electron chi connectivity index (χ3n) is 5.01. The molecule has 4 rings (SSSR count). The Morgan fingerprint density at radius 1 is 0.423 bits per heavy atom. The van der Waals surface area contributed by atoms with E-state index in [0.717, 1.165) is 0 Å². The summed E-state index contributed by atoms with van der Waals surface area (Å²) in [5.74, 6) is 0. The normalized spacial score (nSPS) is 10.7. The molecule has 0 bridgehead atoms. The highest BCUT2D eigenvalue weighted by Crippen LogP contribution is 2.38.